The predicted molar refractivity (Wildman–Crippen MR) is 125 cm³/mol. The van der Waals surface area contributed by atoms with Gasteiger partial charge in [-0.2, -0.15) is 9.61 Å². The highest BCUT2D eigenvalue weighted by molar-refractivity contribution is 7.99. The average Bonchev–Trinajstić information content (AvgIpc) is 3.34. The summed E-state index contributed by atoms with van der Waals surface area (Å²) in [4.78, 5) is 22.0. The van der Waals surface area contributed by atoms with Crippen LogP contribution in [0.2, 0.25) is 0 Å². The first-order chi connectivity index (χ1) is 15.5. The number of fused-ring (bicyclic) bond motifs is 3. The maximum atomic E-state index is 12.8. The Hall–Kier alpha value is -3.72. The molecule has 0 fully saturated rings. The van der Waals surface area contributed by atoms with Crippen molar-refractivity contribution in [2.45, 2.75) is 25.9 Å². The van der Waals surface area contributed by atoms with E-state index in [0.29, 0.717) is 16.8 Å². The Morgan fingerprint density at radius 3 is 2.59 bits per heavy atom. The summed E-state index contributed by atoms with van der Waals surface area (Å²) in [7, 11) is 0. The van der Waals surface area contributed by atoms with Gasteiger partial charge in [0.1, 0.15) is 11.6 Å². The number of para-hydroxylation sites is 1. The molecule has 32 heavy (non-hydrogen) atoms. The number of carbonyl (C=O) groups excluding carboxylic acids is 1. The van der Waals surface area contributed by atoms with Crippen LogP contribution in [0.1, 0.15) is 17.1 Å². The van der Waals surface area contributed by atoms with Gasteiger partial charge >= 0.3 is 0 Å². The molecule has 5 aromatic rings. The summed E-state index contributed by atoms with van der Waals surface area (Å²) in [5, 5.41) is 13.5. The molecule has 0 unspecified atom stereocenters. The molecule has 0 aliphatic carbocycles. The molecule has 0 saturated carbocycles. The fourth-order valence-electron chi connectivity index (χ4n) is 3.51. The third-order valence-corrected chi connectivity index (χ3v) is 5.89. The van der Waals surface area contributed by atoms with Gasteiger partial charge in [0.15, 0.2) is 10.8 Å². The van der Waals surface area contributed by atoms with Crippen LogP contribution in [0, 0.1) is 20.8 Å². The fourth-order valence-corrected chi connectivity index (χ4v) is 4.25. The van der Waals surface area contributed by atoms with E-state index in [1.807, 2.05) is 75.4 Å². The smallest absolute Gasteiger partial charge is 0.236 e. The molecular weight excluding hydrogens is 422 g/mol. The Kier molecular flexibility index (Phi) is 5.10. The van der Waals surface area contributed by atoms with Gasteiger partial charge in [0, 0.05) is 11.5 Å². The number of carbonyl (C=O) groups is 1. The molecule has 1 amide bonds. The summed E-state index contributed by atoms with van der Waals surface area (Å²) in [6.07, 6.45) is 0. The van der Waals surface area contributed by atoms with Crippen molar-refractivity contribution in [2.75, 3.05) is 11.1 Å². The third kappa shape index (κ3) is 3.82. The Morgan fingerprint density at radius 2 is 1.78 bits per heavy atom. The zero-order valence-electron chi connectivity index (χ0n) is 17.9. The zero-order valence-corrected chi connectivity index (χ0v) is 18.7. The molecule has 2 aromatic carbocycles. The van der Waals surface area contributed by atoms with E-state index in [1.165, 1.54) is 11.8 Å². The van der Waals surface area contributed by atoms with Gasteiger partial charge in [-0.05, 0) is 45.0 Å². The molecular formula is C23H21N7OS. The van der Waals surface area contributed by atoms with Gasteiger partial charge in [0.05, 0.1) is 22.7 Å². The van der Waals surface area contributed by atoms with Crippen molar-refractivity contribution in [3.05, 3.63) is 71.7 Å². The van der Waals surface area contributed by atoms with Gasteiger partial charge in [0.25, 0.3) is 0 Å². The zero-order chi connectivity index (χ0) is 22.2. The topological polar surface area (TPSA) is 90.0 Å². The molecule has 0 atom stereocenters. The van der Waals surface area contributed by atoms with Crippen molar-refractivity contribution in [1.29, 1.82) is 0 Å². The third-order valence-electron chi connectivity index (χ3n) is 4.97. The van der Waals surface area contributed by atoms with Crippen molar-refractivity contribution in [3.8, 4) is 5.69 Å². The maximum absolute atomic E-state index is 12.8. The predicted octanol–water partition coefficient (Wildman–Crippen LogP) is 4.12. The Morgan fingerprint density at radius 1 is 1.00 bits per heavy atom. The number of nitrogens with zero attached hydrogens (tertiary/aromatic N) is 6. The fraction of sp³-hybridized carbons (Fsp3) is 0.174. The van der Waals surface area contributed by atoms with Crippen LogP contribution >= 0.6 is 11.8 Å². The summed E-state index contributed by atoms with van der Waals surface area (Å²) in [5.41, 5.74) is 4.44. The highest BCUT2D eigenvalue weighted by atomic mass is 32.2. The van der Waals surface area contributed by atoms with Crippen LogP contribution in [0.5, 0.6) is 0 Å². The van der Waals surface area contributed by atoms with E-state index in [9.17, 15) is 4.79 Å². The molecule has 0 radical (unpaired) electrons. The maximum Gasteiger partial charge on any atom is 0.236 e. The minimum atomic E-state index is -0.150. The molecule has 0 aliphatic heterocycles. The van der Waals surface area contributed by atoms with Crippen LogP contribution in [0.25, 0.3) is 22.2 Å². The lowest BCUT2D eigenvalue weighted by Crippen LogP contribution is -2.17. The monoisotopic (exact) mass is 443 g/mol. The normalized spacial score (nSPS) is 11.3. The highest BCUT2D eigenvalue weighted by Crippen LogP contribution is 2.24. The lowest BCUT2D eigenvalue weighted by Gasteiger charge is -2.10. The molecule has 5 rings (SSSR count). The minimum Gasteiger partial charge on any atom is -0.310 e. The van der Waals surface area contributed by atoms with Crippen LogP contribution in [0.15, 0.2) is 59.8 Å². The van der Waals surface area contributed by atoms with Crippen molar-refractivity contribution in [3.63, 3.8) is 0 Å². The van der Waals surface area contributed by atoms with E-state index in [-0.39, 0.29) is 11.7 Å². The van der Waals surface area contributed by atoms with Crippen molar-refractivity contribution in [1.82, 2.24) is 29.4 Å². The summed E-state index contributed by atoms with van der Waals surface area (Å²) >= 11 is 1.32. The first-order valence-electron chi connectivity index (χ1n) is 10.2. The molecule has 3 heterocycles. The van der Waals surface area contributed by atoms with Gasteiger partial charge in [-0.1, -0.05) is 41.6 Å². The van der Waals surface area contributed by atoms with Crippen LogP contribution in [-0.2, 0) is 4.79 Å². The molecule has 0 spiro atoms. The number of rotatable bonds is 5. The van der Waals surface area contributed by atoms with Crippen LogP contribution < -0.4 is 5.32 Å². The van der Waals surface area contributed by atoms with Crippen LogP contribution in [0.3, 0.4) is 0 Å². The average molecular weight is 444 g/mol. The van der Waals surface area contributed by atoms with Gasteiger partial charge in [0.2, 0.25) is 5.91 Å². The summed E-state index contributed by atoms with van der Waals surface area (Å²) in [6, 6.07) is 17.7. The number of aromatic nitrogens is 6. The van der Waals surface area contributed by atoms with Crippen molar-refractivity contribution < 1.29 is 4.79 Å². The second-order valence-corrected chi connectivity index (χ2v) is 8.50. The van der Waals surface area contributed by atoms with Crippen molar-refractivity contribution >= 4 is 40.0 Å². The van der Waals surface area contributed by atoms with Crippen molar-refractivity contribution in [2.24, 2.45) is 0 Å². The first kappa shape index (κ1) is 20.2. The second-order valence-electron chi connectivity index (χ2n) is 7.56. The SMILES string of the molecule is Cc1ccc(-n2nc(C)cc2NC(=O)CSc2nc3ccccc3c3nc(C)nn23)cc1. The van der Waals surface area contributed by atoms with Gasteiger partial charge in [-0.15, -0.1) is 5.10 Å². The van der Waals surface area contributed by atoms with E-state index in [4.69, 9.17) is 4.98 Å². The van der Waals surface area contributed by atoms with Gasteiger partial charge in [-0.3, -0.25) is 4.79 Å². The lowest BCUT2D eigenvalue weighted by atomic mass is 10.2. The lowest BCUT2D eigenvalue weighted by molar-refractivity contribution is -0.113. The molecule has 1 N–H and O–H groups in total. The highest BCUT2D eigenvalue weighted by Gasteiger charge is 2.15. The molecule has 0 bridgehead atoms. The first-order valence-corrected chi connectivity index (χ1v) is 11.1. The number of hydrogen-bond donors (Lipinski definition) is 1. The largest absolute Gasteiger partial charge is 0.310 e. The second kappa shape index (κ2) is 8.08. The van der Waals surface area contributed by atoms with E-state index >= 15 is 0 Å². The van der Waals surface area contributed by atoms with Crippen LogP contribution in [-0.4, -0.2) is 41.0 Å². The standard InChI is InChI=1S/C23H21N7OS/c1-14-8-10-17(11-9-14)29-20(12-15(2)27-29)26-21(31)13-32-23-25-19-7-5-4-6-18(19)22-24-16(3)28-30(22)23/h4-12H,13H2,1-3H3,(H,26,31). The summed E-state index contributed by atoms with van der Waals surface area (Å²) < 4.78 is 3.45. The number of hydrogen-bond acceptors (Lipinski definition) is 6. The molecule has 160 valence electrons. The van der Waals surface area contributed by atoms with E-state index in [1.54, 1.807) is 9.20 Å². The molecule has 0 saturated heterocycles. The Bertz CT molecular complexity index is 1450. The number of anilines is 1. The van der Waals surface area contributed by atoms with E-state index in [2.05, 4.69) is 20.5 Å². The van der Waals surface area contributed by atoms with Crippen LogP contribution in [0.4, 0.5) is 5.82 Å². The number of amides is 1. The Balaban J connectivity index is 1.38. The molecule has 3 aromatic heterocycles. The quantitative estimate of drug-likeness (QED) is 0.325. The van der Waals surface area contributed by atoms with E-state index < -0.39 is 0 Å². The molecule has 9 heteroatoms. The number of benzene rings is 2. The van der Waals surface area contributed by atoms with Gasteiger partial charge < -0.3 is 5.32 Å². The number of nitrogens with one attached hydrogen (secondary N) is 1. The molecule has 8 nitrogen and oxygen atoms in total. The number of aryl methyl sites for hydroxylation is 3. The molecule has 0 aliphatic rings. The van der Waals surface area contributed by atoms with E-state index in [0.717, 1.165) is 33.5 Å². The van der Waals surface area contributed by atoms with Gasteiger partial charge in [-0.25, -0.2) is 14.6 Å². The summed E-state index contributed by atoms with van der Waals surface area (Å²) in [5.74, 6) is 1.32. The Labute approximate surface area is 188 Å². The minimum absolute atomic E-state index is 0.150. The number of thioether (sulfide) groups is 1. The summed E-state index contributed by atoms with van der Waals surface area (Å²) in [6.45, 7) is 5.78.